The normalized spacial score (nSPS) is 17.8. The number of rotatable bonds is 7. The molecule has 1 aliphatic carbocycles. The summed E-state index contributed by atoms with van der Waals surface area (Å²) in [5.41, 5.74) is 0. The van der Waals surface area contributed by atoms with Gasteiger partial charge in [0.15, 0.2) is 5.92 Å². The summed E-state index contributed by atoms with van der Waals surface area (Å²) in [6.45, 7) is 3.72. The van der Waals surface area contributed by atoms with E-state index in [1.54, 1.807) is 13.8 Å². The van der Waals surface area contributed by atoms with Gasteiger partial charge in [-0.2, -0.15) is 0 Å². The maximum Gasteiger partial charge on any atom is 0.323 e. The first-order valence-corrected chi connectivity index (χ1v) is 7.61. The lowest BCUT2D eigenvalue weighted by Gasteiger charge is -2.26. The minimum absolute atomic E-state index is 0.185. The molecule has 1 fully saturated rings. The van der Waals surface area contributed by atoms with E-state index in [0.717, 1.165) is 25.7 Å². The van der Waals surface area contributed by atoms with Crippen molar-refractivity contribution in [3.05, 3.63) is 0 Å². The molecular weight excluding hydrogens is 260 g/mol. The minimum Gasteiger partial charge on any atom is -0.465 e. The fourth-order valence-electron chi connectivity index (χ4n) is 2.77. The van der Waals surface area contributed by atoms with Crippen molar-refractivity contribution >= 4 is 11.9 Å². The number of aliphatic hydroxyl groups is 1. The van der Waals surface area contributed by atoms with E-state index in [2.05, 4.69) is 0 Å². The molecule has 0 spiro atoms. The Balaban J connectivity index is 2.64. The molecule has 1 N–H and O–H groups in total. The van der Waals surface area contributed by atoms with Crippen LogP contribution in [0.4, 0.5) is 0 Å². The second kappa shape index (κ2) is 8.95. The Hall–Kier alpha value is -1.10. The average molecular weight is 286 g/mol. The van der Waals surface area contributed by atoms with Crippen LogP contribution in [0.1, 0.15) is 52.4 Å². The van der Waals surface area contributed by atoms with Crippen molar-refractivity contribution in [2.45, 2.75) is 58.5 Å². The molecule has 0 aromatic heterocycles. The van der Waals surface area contributed by atoms with E-state index in [4.69, 9.17) is 9.47 Å². The largest absolute Gasteiger partial charge is 0.465 e. The lowest BCUT2D eigenvalue weighted by atomic mass is 9.83. The molecule has 1 aliphatic rings. The van der Waals surface area contributed by atoms with Crippen molar-refractivity contribution in [3.63, 3.8) is 0 Å². The summed E-state index contributed by atoms with van der Waals surface area (Å²) in [5.74, 6) is -2.20. The molecule has 0 radical (unpaired) electrons. The summed E-state index contributed by atoms with van der Waals surface area (Å²) < 4.78 is 9.76. The van der Waals surface area contributed by atoms with Gasteiger partial charge in [0.2, 0.25) is 0 Å². The molecule has 1 atom stereocenters. The number of hydrogen-bond donors (Lipinski definition) is 1. The fraction of sp³-hybridized carbons (Fsp3) is 0.867. The van der Waals surface area contributed by atoms with Crippen LogP contribution in [-0.4, -0.2) is 36.4 Å². The molecule has 5 heteroatoms. The number of hydrogen-bond acceptors (Lipinski definition) is 5. The highest BCUT2D eigenvalue weighted by molar-refractivity contribution is 5.95. The van der Waals surface area contributed by atoms with Crippen LogP contribution in [-0.2, 0) is 19.1 Å². The lowest BCUT2D eigenvalue weighted by molar-refractivity contribution is -0.167. The summed E-state index contributed by atoms with van der Waals surface area (Å²) in [5, 5.41) is 10.3. The Kier molecular flexibility index (Phi) is 7.59. The van der Waals surface area contributed by atoms with Gasteiger partial charge in [0.05, 0.1) is 19.3 Å². The van der Waals surface area contributed by atoms with Crippen LogP contribution in [0.5, 0.6) is 0 Å². The van der Waals surface area contributed by atoms with E-state index in [9.17, 15) is 14.7 Å². The molecule has 0 aliphatic heterocycles. The van der Waals surface area contributed by atoms with Crippen molar-refractivity contribution in [3.8, 4) is 0 Å². The Labute approximate surface area is 120 Å². The molecule has 0 aromatic rings. The van der Waals surface area contributed by atoms with Gasteiger partial charge in [0.25, 0.3) is 0 Å². The third-order valence-corrected chi connectivity index (χ3v) is 3.77. The molecular formula is C15H26O5. The monoisotopic (exact) mass is 286 g/mol. The second-order valence-corrected chi connectivity index (χ2v) is 5.29. The highest BCUT2D eigenvalue weighted by Gasteiger charge is 2.37. The number of carbonyl (C=O) groups is 2. The van der Waals surface area contributed by atoms with Gasteiger partial charge < -0.3 is 14.6 Å². The molecule has 1 saturated carbocycles. The predicted octanol–water partition coefficient (Wildman–Crippen LogP) is 2.06. The van der Waals surface area contributed by atoms with Gasteiger partial charge in [0.1, 0.15) is 0 Å². The van der Waals surface area contributed by atoms with Gasteiger partial charge in [0, 0.05) is 0 Å². The molecule has 1 rings (SSSR count). The molecule has 0 aromatic carbocycles. The van der Waals surface area contributed by atoms with Crippen LogP contribution in [0.2, 0.25) is 0 Å². The zero-order chi connectivity index (χ0) is 15.0. The summed E-state index contributed by atoms with van der Waals surface area (Å²) in [4.78, 5) is 23.7. The topological polar surface area (TPSA) is 72.8 Å². The van der Waals surface area contributed by atoms with Gasteiger partial charge in [-0.1, -0.05) is 32.1 Å². The zero-order valence-electron chi connectivity index (χ0n) is 12.5. The van der Waals surface area contributed by atoms with Crippen molar-refractivity contribution in [1.82, 2.24) is 0 Å². The van der Waals surface area contributed by atoms with Gasteiger partial charge in [-0.15, -0.1) is 0 Å². The van der Waals surface area contributed by atoms with Crippen molar-refractivity contribution in [1.29, 1.82) is 0 Å². The summed E-state index contributed by atoms with van der Waals surface area (Å²) in [7, 11) is 0. The van der Waals surface area contributed by atoms with E-state index in [1.807, 2.05) is 0 Å². The standard InChI is InChI=1S/C15H26O5/c1-3-19-14(17)13(15(18)20-4-2)12(16)10-11-8-6-5-7-9-11/h11-13,16H,3-10H2,1-2H3. The van der Waals surface area contributed by atoms with Crippen molar-refractivity contribution in [2.24, 2.45) is 11.8 Å². The van der Waals surface area contributed by atoms with E-state index < -0.39 is 24.0 Å². The Bertz CT molecular complexity index is 291. The maximum atomic E-state index is 11.9. The number of aliphatic hydroxyl groups excluding tert-OH is 1. The summed E-state index contributed by atoms with van der Waals surface area (Å²) in [6.07, 6.45) is 5.08. The maximum absolute atomic E-state index is 11.9. The molecule has 0 saturated heterocycles. The van der Waals surface area contributed by atoms with Crippen molar-refractivity contribution in [2.75, 3.05) is 13.2 Å². The predicted molar refractivity (Wildman–Crippen MR) is 74.0 cm³/mol. The van der Waals surface area contributed by atoms with Gasteiger partial charge in [-0.05, 0) is 26.2 Å². The Morgan fingerprint density at radius 3 is 2.00 bits per heavy atom. The third kappa shape index (κ3) is 5.12. The van der Waals surface area contributed by atoms with Crippen LogP contribution in [0.25, 0.3) is 0 Å². The quantitative estimate of drug-likeness (QED) is 0.573. The van der Waals surface area contributed by atoms with Crippen LogP contribution < -0.4 is 0 Å². The highest BCUT2D eigenvalue weighted by Crippen LogP contribution is 2.29. The second-order valence-electron chi connectivity index (χ2n) is 5.29. The first kappa shape index (κ1) is 17.0. The van der Waals surface area contributed by atoms with E-state index in [0.29, 0.717) is 12.3 Å². The zero-order valence-corrected chi connectivity index (χ0v) is 12.5. The molecule has 116 valence electrons. The fourth-order valence-corrected chi connectivity index (χ4v) is 2.77. The van der Waals surface area contributed by atoms with E-state index >= 15 is 0 Å². The van der Waals surface area contributed by atoms with Gasteiger partial charge in [-0.25, -0.2) is 0 Å². The highest BCUT2D eigenvalue weighted by atomic mass is 16.6. The Morgan fingerprint density at radius 2 is 1.55 bits per heavy atom. The number of carbonyl (C=O) groups excluding carboxylic acids is 2. The first-order chi connectivity index (χ1) is 9.60. The number of ether oxygens (including phenoxy) is 2. The van der Waals surface area contributed by atoms with Gasteiger partial charge in [-0.3, -0.25) is 9.59 Å². The van der Waals surface area contributed by atoms with Crippen LogP contribution in [0.15, 0.2) is 0 Å². The Morgan fingerprint density at radius 1 is 1.05 bits per heavy atom. The van der Waals surface area contributed by atoms with Crippen LogP contribution in [0.3, 0.4) is 0 Å². The molecule has 1 unspecified atom stereocenters. The summed E-state index contributed by atoms with van der Waals surface area (Å²) in [6, 6.07) is 0. The first-order valence-electron chi connectivity index (χ1n) is 7.61. The van der Waals surface area contributed by atoms with Crippen molar-refractivity contribution < 1.29 is 24.2 Å². The van der Waals surface area contributed by atoms with E-state index in [-0.39, 0.29) is 13.2 Å². The SMILES string of the molecule is CCOC(=O)C(C(=O)OCC)C(O)CC1CCCCC1. The van der Waals surface area contributed by atoms with Gasteiger partial charge >= 0.3 is 11.9 Å². The molecule has 0 heterocycles. The van der Waals surface area contributed by atoms with Crippen LogP contribution >= 0.6 is 0 Å². The minimum atomic E-state index is -1.21. The third-order valence-electron chi connectivity index (χ3n) is 3.77. The molecule has 20 heavy (non-hydrogen) atoms. The average Bonchev–Trinajstić information content (AvgIpc) is 2.40. The molecule has 0 bridgehead atoms. The number of esters is 2. The summed E-state index contributed by atoms with van der Waals surface area (Å²) >= 11 is 0. The molecule has 0 amide bonds. The van der Waals surface area contributed by atoms with Crippen LogP contribution in [0, 0.1) is 11.8 Å². The smallest absolute Gasteiger partial charge is 0.323 e. The van der Waals surface area contributed by atoms with E-state index in [1.165, 1.54) is 6.42 Å². The lowest BCUT2D eigenvalue weighted by Crippen LogP contribution is -2.39. The molecule has 5 nitrogen and oxygen atoms in total.